The van der Waals surface area contributed by atoms with Crippen molar-refractivity contribution in [2.24, 2.45) is 4.99 Å². The van der Waals surface area contributed by atoms with Crippen LogP contribution >= 0.6 is 24.0 Å². The molecule has 0 saturated carbocycles. The van der Waals surface area contributed by atoms with E-state index in [0.717, 1.165) is 28.2 Å². The Morgan fingerprint density at radius 1 is 1.09 bits per heavy atom. The minimum Gasteiger partial charge on any atom is -0.344 e. The van der Waals surface area contributed by atoms with Gasteiger partial charge in [0.25, 0.3) is 0 Å². The van der Waals surface area contributed by atoms with Crippen LogP contribution in [0, 0.1) is 0 Å². The summed E-state index contributed by atoms with van der Waals surface area (Å²) >= 11 is 5.63. The van der Waals surface area contributed by atoms with Crippen LogP contribution in [0.25, 0.3) is 11.1 Å². The summed E-state index contributed by atoms with van der Waals surface area (Å²) in [6.45, 7) is 4.09. The van der Waals surface area contributed by atoms with Gasteiger partial charge < -0.3 is 5.32 Å². The van der Waals surface area contributed by atoms with Gasteiger partial charge in [-0.3, -0.25) is 9.79 Å². The van der Waals surface area contributed by atoms with Crippen molar-refractivity contribution in [2.45, 2.75) is 13.8 Å². The van der Waals surface area contributed by atoms with Crippen molar-refractivity contribution >= 4 is 41.3 Å². The molecule has 0 radical (unpaired) electrons. The molecule has 0 fully saturated rings. The van der Waals surface area contributed by atoms with Crippen LogP contribution in [-0.4, -0.2) is 24.0 Å². The Morgan fingerprint density at radius 3 is 2.39 bits per heavy atom. The predicted octanol–water partition coefficient (Wildman–Crippen LogP) is 5.05. The molecule has 0 aliphatic rings. The topological polar surface area (TPSA) is 41.5 Å². The second-order valence-electron chi connectivity index (χ2n) is 5.00. The molecule has 2 rings (SSSR count). The molecule has 0 bridgehead atoms. The zero-order valence-corrected chi connectivity index (χ0v) is 14.7. The van der Waals surface area contributed by atoms with E-state index in [1.165, 1.54) is 0 Å². The number of hydrogen-bond acceptors (Lipinski definition) is 2. The standard InChI is InChI=1S/C18H19ClN2O.ClH/c1-13(22)15-5-3-6-16(11-15)17-7-4-8-18(12-17)21-14(2)20-10-9-19;/h3-8,11-12H,9-10H2,1-2H3,(H,20,21);1H. The molecule has 0 heterocycles. The van der Waals surface area contributed by atoms with Crippen LogP contribution < -0.4 is 5.32 Å². The van der Waals surface area contributed by atoms with Gasteiger partial charge in [0.15, 0.2) is 5.78 Å². The Kier molecular flexibility index (Phi) is 7.79. The number of nitrogens with zero attached hydrogens (tertiary/aromatic N) is 1. The lowest BCUT2D eigenvalue weighted by Crippen LogP contribution is -2.08. The number of anilines is 1. The van der Waals surface area contributed by atoms with Gasteiger partial charge in [-0.15, -0.1) is 24.0 Å². The second kappa shape index (κ2) is 9.33. The van der Waals surface area contributed by atoms with E-state index in [4.69, 9.17) is 11.6 Å². The highest BCUT2D eigenvalue weighted by Crippen LogP contribution is 2.23. The first-order valence-corrected chi connectivity index (χ1v) is 7.69. The van der Waals surface area contributed by atoms with Crippen LogP contribution in [-0.2, 0) is 0 Å². The van der Waals surface area contributed by atoms with E-state index in [2.05, 4.69) is 10.3 Å². The molecule has 0 amide bonds. The van der Waals surface area contributed by atoms with Crippen molar-refractivity contribution in [3.05, 3.63) is 54.1 Å². The lowest BCUT2D eigenvalue weighted by Gasteiger charge is -2.09. The van der Waals surface area contributed by atoms with E-state index in [1.807, 2.05) is 55.5 Å². The van der Waals surface area contributed by atoms with Gasteiger partial charge in [-0.2, -0.15) is 0 Å². The number of rotatable bonds is 5. The van der Waals surface area contributed by atoms with E-state index in [9.17, 15) is 4.79 Å². The van der Waals surface area contributed by atoms with Crippen molar-refractivity contribution in [3.63, 3.8) is 0 Å². The number of benzene rings is 2. The van der Waals surface area contributed by atoms with Gasteiger partial charge >= 0.3 is 0 Å². The van der Waals surface area contributed by atoms with E-state index >= 15 is 0 Å². The summed E-state index contributed by atoms with van der Waals surface area (Å²) in [4.78, 5) is 15.8. The number of carbonyl (C=O) groups is 1. The fraction of sp³-hybridized carbons (Fsp3) is 0.222. The van der Waals surface area contributed by atoms with E-state index in [0.29, 0.717) is 12.4 Å². The van der Waals surface area contributed by atoms with E-state index in [1.54, 1.807) is 6.92 Å². The summed E-state index contributed by atoms with van der Waals surface area (Å²) in [7, 11) is 0. The first kappa shape index (κ1) is 19.2. The van der Waals surface area contributed by atoms with Crippen LogP contribution in [0.5, 0.6) is 0 Å². The van der Waals surface area contributed by atoms with Crippen molar-refractivity contribution in [3.8, 4) is 11.1 Å². The smallest absolute Gasteiger partial charge is 0.159 e. The highest BCUT2D eigenvalue weighted by molar-refractivity contribution is 6.18. The highest BCUT2D eigenvalue weighted by atomic mass is 35.5. The molecule has 2 aromatic carbocycles. The number of nitrogens with one attached hydrogen (secondary N) is 1. The molecule has 0 unspecified atom stereocenters. The van der Waals surface area contributed by atoms with Crippen LogP contribution in [0.15, 0.2) is 53.5 Å². The number of Topliss-reactive ketones (excluding diaryl/α,β-unsaturated/α-hetero) is 1. The Hall–Kier alpha value is -1.84. The van der Waals surface area contributed by atoms with Gasteiger partial charge in [0.1, 0.15) is 0 Å². The Balaban J connectivity index is 0.00000264. The monoisotopic (exact) mass is 350 g/mol. The molecule has 0 aromatic heterocycles. The van der Waals surface area contributed by atoms with Crippen LogP contribution in [0.3, 0.4) is 0 Å². The summed E-state index contributed by atoms with van der Waals surface area (Å²) in [5, 5.41) is 3.25. The summed E-state index contributed by atoms with van der Waals surface area (Å²) in [6.07, 6.45) is 0. The number of ketones is 1. The summed E-state index contributed by atoms with van der Waals surface area (Å²) < 4.78 is 0. The predicted molar refractivity (Wildman–Crippen MR) is 101 cm³/mol. The molecule has 5 heteroatoms. The minimum atomic E-state index is 0. The van der Waals surface area contributed by atoms with Crippen LogP contribution in [0.2, 0.25) is 0 Å². The van der Waals surface area contributed by atoms with Gasteiger partial charge in [0.05, 0.1) is 12.4 Å². The largest absolute Gasteiger partial charge is 0.344 e. The zero-order valence-electron chi connectivity index (χ0n) is 13.2. The molecule has 23 heavy (non-hydrogen) atoms. The molecule has 0 spiro atoms. The number of aliphatic imine (C=N–C) groups is 1. The van der Waals surface area contributed by atoms with Gasteiger partial charge in [-0.05, 0) is 43.2 Å². The van der Waals surface area contributed by atoms with Crippen molar-refractivity contribution < 1.29 is 4.79 Å². The Morgan fingerprint density at radius 2 is 1.74 bits per heavy atom. The third-order valence-corrected chi connectivity index (χ3v) is 3.39. The SMILES string of the molecule is CC(=O)c1cccc(-c2cccc(NC(C)=NCCCl)c2)c1.Cl. The fourth-order valence-corrected chi connectivity index (χ4v) is 2.24. The molecule has 3 nitrogen and oxygen atoms in total. The molecule has 2 aromatic rings. The summed E-state index contributed by atoms with van der Waals surface area (Å²) in [5.41, 5.74) is 3.75. The first-order chi connectivity index (χ1) is 10.6. The second-order valence-corrected chi connectivity index (χ2v) is 5.38. The molecule has 0 atom stereocenters. The van der Waals surface area contributed by atoms with Gasteiger partial charge in [0, 0.05) is 17.1 Å². The number of hydrogen-bond donors (Lipinski definition) is 1. The van der Waals surface area contributed by atoms with Gasteiger partial charge in [0.2, 0.25) is 0 Å². The molecule has 122 valence electrons. The van der Waals surface area contributed by atoms with Gasteiger partial charge in [-0.25, -0.2) is 0 Å². The molecular weight excluding hydrogens is 331 g/mol. The maximum atomic E-state index is 11.5. The average Bonchev–Trinajstić information content (AvgIpc) is 2.53. The maximum absolute atomic E-state index is 11.5. The van der Waals surface area contributed by atoms with Crippen LogP contribution in [0.4, 0.5) is 5.69 Å². The quantitative estimate of drug-likeness (QED) is 0.355. The molecule has 0 aliphatic heterocycles. The lowest BCUT2D eigenvalue weighted by molar-refractivity contribution is 0.101. The number of amidine groups is 1. The molecular formula is C18H20Cl2N2O. The number of carbonyl (C=O) groups excluding carboxylic acids is 1. The molecule has 0 aliphatic carbocycles. The summed E-state index contributed by atoms with van der Waals surface area (Å²) in [5.74, 6) is 1.41. The van der Waals surface area contributed by atoms with E-state index in [-0.39, 0.29) is 18.2 Å². The van der Waals surface area contributed by atoms with Crippen molar-refractivity contribution in [1.29, 1.82) is 0 Å². The first-order valence-electron chi connectivity index (χ1n) is 7.15. The Labute approximate surface area is 148 Å². The Bertz CT molecular complexity index is 699. The minimum absolute atomic E-state index is 0. The number of alkyl halides is 1. The number of halogens is 2. The zero-order chi connectivity index (χ0) is 15.9. The molecule has 0 saturated heterocycles. The van der Waals surface area contributed by atoms with Crippen LogP contribution in [0.1, 0.15) is 24.2 Å². The normalized spacial score (nSPS) is 10.8. The molecule has 1 N–H and O–H groups in total. The third-order valence-electron chi connectivity index (χ3n) is 3.22. The highest BCUT2D eigenvalue weighted by Gasteiger charge is 2.04. The lowest BCUT2D eigenvalue weighted by atomic mass is 10.0. The third kappa shape index (κ3) is 5.70. The maximum Gasteiger partial charge on any atom is 0.159 e. The average molecular weight is 351 g/mol. The fourth-order valence-electron chi connectivity index (χ4n) is 2.15. The van der Waals surface area contributed by atoms with Crippen molar-refractivity contribution in [2.75, 3.05) is 17.7 Å². The van der Waals surface area contributed by atoms with Crippen molar-refractivity contribution in [1.82, 2.24) is 0 Å². The van der Waals surface area contributed by atoms with E-state index < -0.39 is 0 Å². The van der Waals surface area contributed by atoms with Gasteiger partial charge in [-0.1, -0.05) is 30.3 Å². The summed E-state index contributed by atoms with van der Waals surface area (Å²) in [6, 6.07) is 15.7.